The Morgan fingerprint density at radius 2 is 1.85 bits per heavy atom. The zero-order valence-electron chi connectivity index (χ0n) is 16.7. The average Bonchev–Trinajstić information content (AvgIpc) is 2.61. The number of unbranched alkanes of at least 4 members (excludes halogenated alkanes) is 2. The predicted molar refractivity (Wildman–Crippen MR) is 112 cm³/mol. The van der Waals surface area contributed by atoms with Gasteiger partial charge in [-0.05, 0) is 61.8 Å². The van der Waals surface area contributed by atoms with Crippen LogP contribution in [-0.4, -0.2) is 33.1 Å². The molecule has 27 heavy (non-hydrogen) atoms. The molecule has 0 aromatic heterocycles. The second-order valence-corrected chi connectivity index (χ2v) is 8.26. The zero-order chi connectivity index (χ0) is 19.9. The van der Waals surface area contributed by atoms with Gasteiger partial charge in [-0.3, -0.25) is 0 Å². The van der Waals surface area contributed by atoms with Crippen LogP contribution in [-0.2, 0) is 0 Å². The van der Waals surface area contributed by atoms with Gasteiger partial charge in [0.1, 0.15) is 0 Å². The molecular formula is C24H34O3. The van der Waals surface area contributed by atoms with Gasteiger partial charge >= 0.3 is 0 Å². The van der Waals surface area contributed by atoms with E-state index in [1.54, 1.807) is 0 Å². The minimum atomic E-state index is -0.657. The van der Waals surface area contributed by atoms with E-state index in [1.165, 1.54) is 11.1 Å². The summed E-state index contributed by atoms with van der Waals surface area (Å²) >= 11 is 0. The Bertz CT molecular complexity index is 665. The van der Waals surface area contributed by atoms with Gasteiger partial charge < -0.3 is 15.3 Å². The molecule has 1 aliphatic carbocycles. The summed E-state index contributed by atoms with van der Waals surface area (Å²) in [5.41, 5.74) is 3.49. The van der Waals surface area contributed by atoms with Crippen molar-refractivity contribution in [2.45, 2.75) is 76.6 Å². The molecule has 2 atom stereocenters. The first-order chi connectivity index (χ1) is 12.8. The van der Waals surface area contributed by atoms with Crippen LogP contribution in [0.5, 0.6) is 0 Å². The summed E-state index contributed by atoms with van der Waals surface area (Å²) in [6.45, 7) is 7.70. The highest BCUT2D eigenvalue weighted by atomic mass is 16.3. The van der Waals surface area contributed by atoms with Gasteiger partial charge in [-0.25, -0.2) is 0 Å². The molecule has 0 bridgehead atoms. The van der Waals surface area contributed by atoms with E-state index in [4.69, 9.17) is 0 Å². The summed E-state index contributed by atoms with van der Waals surface area (Å²) in [4.78, 5) is 0. The molecule has 1 aromatic carbocycles. The molecule has 3 nitrogen and oxygen atoms in total. The van der Waals surface area contributed by atoms with Gasteiger partial charge in [-0.2, -0.15) is 0 Å². The third-order valence-electron chi connectivity index (χ3n) is 5.13. The standard InChI is InChI=1S/C24H34O3/c1-18-21(16-22(25)17-23(18)26)14-13-20(19-10-6-4-7-11-19)12-8-5-9-15-24(2,3)27/h4,6-7,10-11,13-14,22-23,25-27H,1,5,8-9,12,15-17H2,2-3H3/b20-13+,21-14-/t22-,23+/m1/s1. The fraction of sp³-hybridized carbons (Fsp3) is 0.500. The summed E-state index contributed by atoms with van der Waals surface area (Å²) in [5, 5.41) is 29.8. The summed E-state index contributed by atoms with van der Waals surface area (Å²) in [6.07, 6.45) is 8.79. The van der Waals surface area contributed by atoms with E-state index < -0.39 is 17.8 Å². The van der Waals surface area contributed by atoms with Crippen molar-refractivity contribution in [3.05, 3.63) is 65.8 Å². The minimum absolute atomic E-state index is 0.368. The highest BCUT2D eigenvalue weighted by molar-refractivity contribution is 5.67. The van der Waals surface area contributed by atoms with E-state index in [0.29, 0.717) is 18.4 Å². The number of aliphatic hydroxyl groups excluding tert-OH is 2. The lowest BCUT2D eigenvalue weighted by atomic mass is 9.85. The van der Waals surface area contributed by atoms with Crippen LogP contribution in [0.3, 0.4) is 0 Å². The average molecular weight is 371 g/mol. The summed E-state index contributed by atoms with van der Waals surface area (Å²) < 4.78 is 0. The molecule has 1 aliphatic rings. The minimum Gasteiger partial charge on any atom is -0.393 e. The van der Waals surface area contributed by atoms with E-state index in [0.717, 1.165) is 37.7 Å². The number of allylic oxidation sites excluding steroid dienone is 3. The van der Waals surface area contributed by atoms with Gasteiger partial charge in [0, 0.05) is 6.42 Å². The van der Waals surface area contributed by atoms with Gasteiger partial charge in [-0.15, -0.1) is 0 Å². The molecule has 1 fully saturated rings. The van der Waals surface area contributed by atoms with Crippen molar-refractivity contribution in [3.8, 4) is 0 Å². The van der Waals surface area contributed by atoms with E-state index in [1.807, 2.05) is 38.1 Å². The smallest absolute Gasteiger partial charge is 0.0811 e. The van der Waals surface area contributed by atoms with Crippen LogP contribution in [0.25, 0.3) is 5.57 Å². The van der Waals surface area contributed by atoms with Crippen molar-refractivity contribution in [1.82, 2.24) is 0 Å². The van der Waals surface area contributed by atoms with Crippen LogP contribution in [0.1, 0.15) is 64.4 Å². The van der Waals surface area contributed by atoms with Crippen molar-refractivity contribution in [1.29, 1.82) is 0 Å². The highest BCUT2D eigenvalue weighted by Crippen LogP contribution is 2.29. The summed E-state index contributed by atoms with van der Waals surface area (Å²) in [7, 11) is 0. The molecule has 2 rings (SSSR count). The lowest BCUT2D eigenvalue weighted by Crippen LogP contribution is -2.26. The first-order valence-electron chi connectivity index (χ1n) is 9.99. The van der Waals surface area contributed by atoms with Crippen molar-refractivity contribution in [3.63, 3.8) is 0 Å². The molecule has 0 radical (unpaired) electrons. The van der Waals surface area contributed by atoms with Crippen molar-refractivity contribution < 1.29 is 15.3 Å². The Morgan fingerprint density at radius 3 is 2.52 bits per heavy atom. The Labute approximate surface area is 163 Å². The number of hydrogen-bond acceptors (Lipinski definition) is 3. The normalized spacial score (nSPS) is 23.1. The van der Waals surface area contributed by atoms with Crippen molar-refractivity contribution in [2.24, 2.45) is 0 Å². The Kier molecular flexibility index (Phi) is 8.03. The maximum atomic E-state index is 10.0. The molecule has 0 heterocycles. The first-order valence-corrected chi connectivity index (χ1v) is 9.99. The van der Waals surface area contributed by atoms with Gasteiger partial charge in [-0.1, -0.05) is 61.9 Å². The van der Waals surface area contributed by atoms with E-state index in [2.05, 4.69) is 24.8 Å². The quantitative estimate of drug-likeness (QED) is 0.577. The molecule has 3 heteroatoms. The van der Waals surface area contributed by atoms with Crippen LogP contribution in [0.4, 0.5) is 0 Å². The molecule has 3 N–H and O–H groups in total. The third kappa shape index (κ3) is 7.45. The zero-order valence-corrected chi connectivity index (χ0v) is 16.7. The largest absolute Gasteiger partial charge is 0.393 e. The summed E-state index contributed by atoms with van der Waals surface area (Å²) in [5.74, 6) is 0. The number of benzene rings is 1. The Balaban J connectivity index is 2.07. The maximum Gasteiger partial charge on any atom is 0.0811 e. The molecule has 1 aromatic rings. The lowest BCUT2D eigenvalue weighted by Gasteiger charge is -2.26. The van der Waals surface area contributed by atoms with Crippen LogP contribution in [0.2, 0.25) is 0 Å². The fourth-order valence-corrected chi connectivity index (χ4v) is 3.48. The molecule has 0 amide bonds. The molecule has 1 saturated carbocycles. The molecule has 0 spiro atoms. The number of aliphatic hydroxyl groups is 3. The molecule has 0 saturated heterocycles. The monoisotopic (exact) mass is 370 g/mol. The fourth-order valence-electron chi connectivity index (χ4n) is 3.48. The second-order valence-electron chi connectivity index (χ2n) is 8.26. The molecule has 0 unspecified atom stereocenters. The van der Waals surface area contributed by atoms with Crippen LogP contribution in [0, 0.1) is 0 Å². The Morgan fingerprint density at radius 1 is 1.15 bits per heavy atom. The topological polar surface area (TPSA) is 60.7 Å². The molecule has 0 aliphatic heterocycles. The van der Waals surface area contributed by atoms with E-state index in [9.17, 15) is 15.3 Å². The maximum absolute atomic E-state index is 10.0. The van der Waals surface area contributed by atoms with Gasteiger partial charge in [0.25, 0.3) is 0 Å². The number of rotatable bonds is 8. The SMILES string of the molecule is C=C1/C(=C\C=C(/CCCCCC(C)(C)O)c2ccccc2)C[C@@H](O)C[C@@H]1O. The third-order valence-corrected chi connectivity index (χ3v) is 5.13. The molecular weight excluding hydrogens is 336 g/mol. The predicted octanol–water partition coefficient (Wildman–Crippen LogP) is 4.79. The summed E-state index contributed by atoms with van der Waals surface area (Å²) in [6, 6.07) is 10.3. The van der Waals surface area contributed by atoms with Crippen LogP contribution < -0.4 is 0 Å². The van der Waals surface area contributed by atoms with Crippen molar-refractivity contribution in [2.75, 3.05) is 0 Å². The van der Waals surface area contributed by atoms with Crippen molar-refractivity contribution >= 4 is 5.57 Å². The van der Waals surface area contributed by atoms with E-state index >= 15 is 0 Å². The lowest BCUT2D eigenvalue weighted by molar-refractivity contribution is 0.0681. The van der Waals surface area contributed by atoms with Gasteiger partial charge in [0.05, 0.1) is 17.8 Å². The highest BCUT2D eigenvalue weighted by Gasteiger charge is 2.24. The van der Waals surface area contributed by atoms with Gasteiger partial charge in [0.15, 0.2) is 0 Å². The van der Waals surface area contributed by atoms with E-state index in [-0.39, 0.29) is 0 Å². The first kappa shape index (κ1) is 21.6. The Hall–Kier alpha value is -1.68. The van der Waals surface area contributed by atoms with Gasteiger partial charge in [0.2, 0.25) is 0 Å². The van der Waals surface area contributed by atoms with Crippen LogP contribution >= 0.6 is 0 Å². The molecule has 148 valence electrons. The number of hydrogen-bond donors (Lipinski definition) is 3. The van der Waals surface area contributed by atoms with Crippen LogP contribution in [0.15, 0.2) is 60.2 Å². The second kappa shape index (κ2) is 10.0.